The summed E-state index contributed by atoms with van der Waals surface area (Å²) in [6, 6.07) is 34.8. The summed E-state index contributed by atoms with van der Waals surface area (Å²) >= 11 is 0. The molecule has 0 saturated heterocycles. The third-order valence-electron chi connectivity index (χ3n) is 7.40. The van der Waals surface area contributed by atoms with Crippen LogP contribution in [0.5, 0.6) is 0 Å². The number of hydrogen-bond donors (Lipinski definition) is 0. The summed E-state index contributed by atoms with van der Waals surface area (Å²) in [6.45, 7) is 9.46. The van der Waals surface area contributed by atoms with Crippen molar-refractivity contribution in [1.82, 2.24) is 0 Å². The molecular formula is C34H32NOSi+. The van der Waals surface area contributed by atoms with Crippen molar-refractivity contribution in [3.05, 3.63) is 109 Å². The fourth-order valence-electron chi connectivity index (χ4n) is 5.41. The highest BCUT2D eigenvalue weighted by molar-refractivity contribution is 6.89. The molecule has 0 bridgehead atoms. The van der Waals surface area contributed by atoms with E-state index in [4.69, 9.17) is 4.42 Å². The molecule has 0 amide bonds. The molecule has 3 heteroatoms. The van der Waals surface area contributed by atoms with Gasteiger partial charge in [-0.1, -0.05) is 105 Å². The number of furan rings is 1. The van der Waals surface area contributed by atoms with Crippen molar-refractivity contribution < 1.29 is 8.98 Å². The van der Waals surface area contributed by atoms with E-state index in [1.807, 2.05) is 6.07 Å². The van der Waals surface area contributed by atoms with E-state index in [2.05, 4.69) is 135 Å². The highest BCUT2D eigenvalue weighted by atomic mass is 28.3. The van der Waals surface area contributed by atoms with Gasteiger partial charge in [-0.05, 0) is 40.8 Å². The predicted octanol–water partition coefficient (Wildman–Crippen LogP) is 8.27. The largest absolute Gasteiger partial charge is 0.455 e. The molecule has 0 saturated carbocycles. The summed E-state index contributed by atoms with van der Waals surface area (Å²) in [7, 11) is 0.537. The van der Waals surface area contributed by atoms with Crippen LogP contribution in [-0.2, 0) is 7.05 Å². The number of benzene rings is 4. The van der Waals surface area contributed by atoms with E-state index in [0.29, 0.717) is 0 Å². The quantitative estimate of drug-likeness (QED) is 0.177. The Hall–Kier alpha value is -3.95. The Morgan fingerprint density at radius 2 is 1.32 bits per heavy atom. The summed E-state index contributed by atoms with van der Waals surface area (Å²) in [6.07, 6.45) is 2.36. The number of aromatic nitrogens is 1. The lowest BCUT2D eigenvalue weighted by Gasteiger charge is -2.21. The van der Waals surface area contributed by atoms with Gasteiger partial charge in [0.2, 0.25) is 5.69 Å². The summed E-state index contributed by atoms with van der Waals surface area (Å²) in [4.78, 5) is 0. The van der Waals surface area contributed by atoms with Crippen LogP contribution in [-0.4, -0.2) is 8.07 Å². The molecule has 4 aromatic carbocycles. The van der Waals surface area contributed by atoms with Gasteiger partial charge in [0, 0.05) is 22.0 Å². The standard InChI is InChI=1S/C34H32NOSi/c1-23-15-20-28-27-13-9-10-14-31(27)36-34(28)33(23)30-21-29(32(22-35(30)2)37(3,4)5)26-18-16-25(17-19-26)24-11-7-6-8-12-24/h6-22H,1-5H3/q+1. The molecule has 37 heavy (non-hydrogen) atoms. The van der Waals surface area contributed by atoms with Crippen molar-refractivity contribution in [2.45, 2.75) is 26.6 Å². The first-order valence-electron chi connectivity index (χ1n) is 12.9. The Morgan fingerprint density at radius 1 is 0.676 bits per heavy atom. The number of fused-ring (bicyclic) bond motifs is 3. The van der Waals surface area contributed by atoms with Gasteiger partial charge >= 0.3 is 0 Å². The Bertz CT molecular complexity index is 1760. The lowest BCUT2D eigenvalue weighted by atomic mass is 9.97. The van der Waals surface area contributed by atoms with Crippen molar-refractivity contribution >= 4 is 35.2 Å². The normalized spacial score (nSPS) is 11.9. The van der Waals surface area contributed by atoms with Gasteiger partial charge in [0.1, 0.15) is 18.2 Å². The first-order valence-corrected chi connectivity index (χ1v) is 16.4. The molecule has 0 spiro atoms. The minimum absolute atomic E-state index is 0.933. The first-order chi connectivity index (χ1) is 17.8. The SMILES string of the molecule is Cc1ccc2c(oc3ccccc32)c1-c1cc(-c2ccc(-c3ccccc3)cc2)c([Si](C)(C)C)c[n+]1C. The fraction of sp³-hybridized carbons (Fsp3) is 0.147. The van der Waals surface area contributed by atoms with Crippen LogP contribution in [0.1, 0.15) is 5.56 Å². The Morgan fingerprint density at radius 3 is 2.05 bits per heavy atom. The molecule has 0 aliphatic rings. The van der Waals surface area contributed by atoms with Crippen molar-refractivity contribution in [2.24, 2.45) is 7.05 Å². The van der Waals surface area contributed by atoms with Crippen LogP contribution in [0.25, 0.3) is 55.4 Å². The van der Waals surface area contributed by atoms with Gasteiger partial charge in [0.15, 0.2) is 6.20 Å². The van der Waals surface area contributed by atoms with Crippen molar-refractivity contribution in [1.29, 1.82) is 0 Å². The summed E-state index contributed by atoms with van der Waals surface area (Å²) < 4.78 is 8.77. The highest BCUT2D eigenvalue weighted by Crippen LogP contribution is 2.38. The van der Waals surface area contributed by atoms with E-state index in [1.54, 1.807) is 0 Å². The highest BCUT2D eigenvalue weighted by Gasteiger charge is 2.28. The van der Waals surface area contributed by atoms with Crippen molar-refractivity contribution in [2.75, 3.05) is 0 Å². The molecule has 0 fully saturated rings. The van der Waals surface area contributed by atoms with Crippen LogP contribution < -0.4 is 9.75 Å². The number of pyridine rings is 1. The smallest absolute Gasteiger partial charge is 0.216 e. The van der Waals surface area contributed by atoms with E-state index in [0.717, 1.165) is 16.6 Å². The Labute approximate surface area is 219 Å². The van der Waals surface area contributed by atoms with Crippen LogP contribution in [0, 0.1) is 6.92 Å². The molecule has 0 unspecified atom stereocenters. The average molecular weight is 499 g/mol. The Balaban J connectivity index is 1.58. The minimum Gasteiger partial charge on any atom is -0.455 e. The zero-order valence-electron chi connectivity index (χ0n) is 22.2. The van der Waals surface area contributed by atoms with Crippen LogP contribution in [0.15, 0.2) is 108 Å². The van der Waals surface area contributed by atoms with Crippen LogP contribution in [0.2, 0.25) is 19.6 Å². The van der Waals surface area contributed by atoms with E-state index in [-0.39, 0.29) is 0 Å². The number of aryl methyl sites for hydroxylation is 2. The molecule has 0 aliphatic carbocycles. The second kappa shape index (κ2) is 8.86. The molecule has 2 nitrogen and oxygen atoms in total. The zero-order chi connectivity index (χ0) is 25.7. The summed E-state index contributed by atoms with van der Waals surface area (Å²) in [5.41, 5.74) is 10.5. The fourth-order valence-corrected chi connectivity index (χ4v) is 7.02. The molecular weight excluding hydrogens is 466 g/mol. The maximum atomic E-state index is 6.48. The third kappa shape index (κ3) is 4.10. The zero-order valence-corrected chi connectivity index (χ0v) is 23.2. The molecule has 6 rings (SSSR count). The second-order valence-corrected chi connectivity index (χ2v) is 16.1. The van der Waals surface area contributed by atoms with E-state index in [1.165, 1.54) is 49.6 Å². The van der Waals surface area contributed by atoms with Gasteiger partial charge in [-0.2, -0.15) is 0 Å². The number of nitrogens with zero attached hydrogens (tertiary/aromatic N) is 1. The molecule has 0 N–H and O–H groups in total. The first kappa shape index (κ1) is 23.4. The monoisotopic (exact) mass is 498 g/mol. The average Bonchev–Trinajstić information content (AvgIpc) is 3.27. The van der Waals surface area contributed by atoms with Gasteiger partial charge in [-0.15, -0.1) is 0 Å². The molecule has 0 atom stereocenters. The van der Waals surface area contributed by atoms with Crippen molar-refractivity contribution in [3.8, 4) is 33.5 Å². The van der Waals surface area contributed by atoms with Gasteiger partial charge in [-0.3, -0.25) is 0 Å². The van der Waals surface area contributed by atoms with Gasteiger partial charge < -0.3 is 4.42 Å². The number of para-hydroxylation sites is 1. The van der Waals surface area contributed by atoms with Crippen molar-refractivity contribution in [3.63, 3.8) is 0 Å². The predicted molar refractivity (Wildman–Crippen MR) is 159 cm³/mol. The third-order valence-corrected chi connectivity index (χ3v) is 9.41. The van der Waals surface area contributed by atoms with Gasteiger partial charge in [-0.25, -0.2) is 4.57 Å². The molecule has 6 aromatic rings. The van der Waals surface area contributed by atoms with Crippen LogP contribution >= 0.6 is 0 Å². The van der Waals surface area contributed by atoms with Gasteiger partial charge in [0.25, 0.3) is 0 Å². The molecule has 182 valence electrons. The molecule has 0 aliphatic heterocycles. The maximum absolute atomic E-state index is 6.48. The van der Waals surface area contributed by atoms with E-state index in [9.17, 15) is 0 Å². The topological polar surface area (TPSA) is 17.0 Å². The maximum Gasteiger partial charge on any atom is 0.216 e. The molecule has 2 heterocycles. The minimum atomic E-state index is -1.63. The Kier molecular flexibility index (Phi) is 5.61. The molecule has 0 radical (unpaired) electrons. The lowest BCUT2D eigenvalue weighted by molar-refractivity contribution is -0.659. The number of rotatable bonds is 4. The van der Waals surface area contributed by atoms with E-state index >= 15 is 0 Å². The van der Waals surface area contributed by atoms with Crippen LogP contribution in [0.4, 0.5) is 0 Å². The van der Waals surface area contributed by atoms with Crippen LogP contribution in [0.3, 0.4) is 0 Å². The molecule has 2 aromatic heterocycles. The second-order valence-electron chi connectivity index (χ2n) is 11.0. The van der Waals surface area contributed by atoms with Gasteiger partial charge in [0.05, 0.1) is 13.6 Å². The van der Waals surface area contributed by atoms with E-state index < -0.39 is 8.07 Å². The number of hydrogen-bond acceptors (Lipinski definition) is 1. The summed E-state index contributed by atoms with van der Waals surface area (Å²) in [5, 5.41) is 3.79. The lowest BCUT2D eigenvalue weighted by Crippen LogP contribution is -2.46. The summed E-state index contributed by atoms with van der Waals surface area (Å²) in [5.74, 6) is 0.